The van der Waals surface area contributed by atoms with Crippen molar-refractivity contribution >= 4 is 12.2 Å². The first-order valence-electron chi connectivity index (χ1n) is 4.72. The minimum absolute atomic E-state index is 0.289. The van der Waals surface area contributed by atoms with Gasteiger partial charge in [-0.3, -0.25) is 4.98 Å². The summed E-state index contributed by atoms with van der Waals surface area (Å²) in [6.45, 7) is 0. The molecule has 1 N–H and O–H groups in total. The number of aromatic nitrogens is 1. The van der Waals surface area contributed by atoms with Crippen molar-refractivity contribution in [2.75, 3.05) is 0 Å². The number of phenols is 1. The molecular formula is C13H11NO. The Morgan fingerprint density at radius 2 is 1.87 bits per heavy atom. The van der Waals surface area contributed by atoms with Gasteiger partial charge in [0.2, 0.25) is 0 Å². The first-order chi connectivity index (χ1) is 7.36. The summed E-state index contributed by atoms with van der Waals surface area (Å²) in [6, 6.07) is 11.1. The van der Waals surface area contributed by atoms with E-state index in [1.54, 1.807) is 24.5 Å². The fourth-order valence-electron chi connectivity index (χ4n) is 1.29. The topological polar surface area (TPSA) is 33.1 Å². The summed E-state index contributed by atoms with van der Waals surface area (Å²) >= 11 is 0. The van der Waals surface area contributed by atoms with Crippen molar-refractivity contribution < 1.29 is 5.11 Å². The summed E-state index contributed by atoms with van der Waals surface area (Å²) in [5.41, 5.74) is 1.82. The Morgan fingerprint density at radius 1 is 1.00 bits per heavy atom. The molecule has 0 spiro atoms. The van der Waals surface area contributed by atoms with Gasteiger partial charge in [-0.15, -0.1) is 0 Å². The molecule has 1 aromatic heterocycles. The van der Waals surface area contributed by atoms with Gasteiger partial charge in [-0.05, 0) is 17.7 Å². The van der Waals surface area contributed by atoms with Crippen LogP contribution in [-0.4, -0.2) is 10.1 Å². The number of rotatable bonds is 2. The highest BCUT2D eigenvalue weighted by Crippen LogP contribution is 2.18. The summed E-state index contributed by atoms with van der Waals surface area (Å²) in [7, 11) is 0. The highest BCUT2D eigenvalue weighted by atomic mass is 16.3. The highest BCUT2D eigenvalue weighted by Gasteiger charge is 1.93. The Bertz CT molecular complexity index is 463. The highest BCUT2D eigenvalue weighted by molar-refractivity contribution is 5.71. The van der Waals surface area contributed by atoms with Crippen molar-refractivity contribution in [2.45, 2.75) is 0 Å². The molecule has 1 aromatic carbocycles. The minimum atomic E-state index is 0.289. The van der Waals surface area contributed by atoms with E-state index in [1.807, 2.05) is 36.4 Å². The van der Waals surface area contributed by atoms with Gasteiger partial charge in [0.25, 0.3) is 0 Å². The monoisotopic (exact) mass is 197 g/mol. The number of nitrogens with zero attached hydrogens (tertiary/aromatic N) is 1. The molecule has 0 saturated heterocycles. The van der Waals surface area contributed by atoms with E-state index >= 15 is 0 Å². The second kappa shape index (κ2) is 4.42. The molecule has 74 valence electrons. The molecule has 0 aliphatic heterocycles. The molecular weight excluding hydrogens is 186 g/mol. The first-order valence-corrected chi connectivity index (χ1v) is 4.72. The molecule has 0 atom stereocenters. The summed E-state index contributed by atoms with van der Waals surface area (Å²) in [4.78, 5) is 4.01. The lowest BCUT2D eigenvalue weighted by molar-refractivity contribution is 0.474. The van der Waals surface area contributed by atoms with E-state index in [4.69, 9.17) is 0 Å². The van der Waals surface area contributed by atoms with E-state index < -0.39 is 0 Å². The van der Waals surface area contributed by atoms with Crippen LogP contribution in [0.5, 0.6) is 5.75 Å². The molecule has 0 aliphatic carbocycles. The number of hydrogen-bond donors (Lipinski definition) is 1. The standard InChI is InChI=1S/C13H11NO/c15-13-6-2-1-5-12(13)8-7-11-4-3-9-14-10-11/h1-10,15H. The van der Waals surface area contributed by atoms with Crippen LogP contribution < -0.4 is 0 Å². The molecule has 0 fully saturated rings. The average molecular weight is 197 g/mol. The lowest BCUT2D eigenvalue weighted by Gasteiger charge is -1.97. The van der Waals surface area contributed by atoms with Crippen LogP contribution in [0.25, 0.3) is 12.2 Å². The van der Waals surface area contributed by atoms with Gasteiger partial charge >= 0.3 is 0 Å². The zero-order valence-electron chi connectivity index (χ0n) is 8.17. The zero-order valence-corrected chi connectivity index (χ0v) is 8.17. The molecule has 15 heavy (non-hydrogen) atoms. The first kappa shape index (κ1) is 9.46. The van der Waals surface area contributed by atoms with Crippen molar-refractivity contribution in [1.29, 1.82) is 0 Å². The van der Waals surface area contributed by atoms with Gasteiger partial charge in [0.1, 0.15) is 5.75 Å². The van der Waals surface area contributed by atoms with Gasteiger partial charge in [-0.2, -0.15) is 0 Å². The molecule has 0 aliphatic rings. The molecule has 0 amide bonds. The molecule has 2 nitrogen and oxygen atoms in total. The number of hydrogen-bond acceptors (Lipinski definition) is 2. The normalized spacial score (nSPS) is 10.7. The van der Waals surface area contributed by atoms with Gasteiger partial charge in [0.15, 0.2) is 0 Å². The van der Waals surface area contributed by atoms with Crippen LogP contribution in [0.1, 0.15) is 11.1 Å². The van der Waals surface area contributed by atoms with Crippen molar-refractivity contribution in [1.82, 2.24) is 4.98 Å². The second-order valence-electron chi connectivity index (χ2n) is 3.18. The fourth-order valence-corrected chi connectivity index (χ4v) is 1.29. The van der Waals surface area contributed by atoms with Gasteiger partial charge in [0, 0.05) is 18.0 Å². The summed E-state index contributed by atoms with van der Waals surface area (Å²) in [5.74, 6) is 0.289. The van der Waals surface area contributed by atoms with Crippen LogP contribution in [0, 0.1) is 0 Å². The maximum absolute atomic E-state index is 9.52. The van der Waals surface area contributed by atoms with Gasteiger partial charge < -0.3 is 5.11 Å². The molecule has 0 radical (unpaired) electrons. The third kappa shape index (κ3) is 2.44. The van der Waals surface area contributed by atoms with E-state index in [2.05, 4.69) is 4.98 Å². The van der Waals surface area contributed by atoms with Crippen molar-refractivity contribution in [3.8, 4) is 5.75 Å². The lowest BCUT2D eigenvalue weighted by Crippen LogP contribution is -1.75. The molecule has 0 saturated carbocycles. The van der Waals surface area contributed by atoms with Crippen LogP contribution in [0.4, 0.5) is 0 Å². The molecule has 0 bridgehead atoms. The van der Waals surface area contributed by atoms with Gasteiger partial charge in [-0.25, -0.2) is 0 Å². The molecule has 0 unspecified atom stereocenters. The SMILES string of the molecule is Oc1ccccc1C=Cc1cccnc1. The van der Waals surface area contributed by atoms with Crippen LogP contribution in [0.15, 0.2) is 48.8 Å². The third-order valence-corrected chi connectivity index (χ3v) is 2.08. The number of pyridine rings is 1. The fraction of sp³-hybridized carbons (Fsp3) is 0. The number of benzene rings is 1. The van der Waals surface area contributed by atoms with E-state index in [9.17, 15) is 5.11 Å². The predicted octanol–water partition coefficient (Wildman–Crippen LogP) is 2.96. The van der Waals surface area contributed by atoms with Crippen LogP contribution in [0.3, 0.4) is 0 Å². The maximum Gasteiger partial charge on any atom is 0.122 e. The van der Waals surface area contributed by atoms with Crippen LogP contribution in [-0.2, 0) is 0 Å². The molecule has 2 heteroatoms. The third-order valence-electron chi connectivity index (χ3n) is 2.08. The van der Waals surface area contributed by atoms with E-state index in [1.165, 1.54) is 0 Å². The minimum Gasteiger partial charge on any atom is -0.507 e. The van der Waals surface area contributed by atoms with E-state index in [0.29, 0.717) is 0 Å². The Labute approximate surface area is 88.5 Å². The Kier molecular flexibility index (Phi) is 2.79. The number of para-hydroxylation sites is 1. The van der Waals surface area contributed by atoms with Crippen molar-refractivity contribution in [3.05, 3.63) is 59.9 Å². The maximum atomic E-state index is 9.52. The average Bonchev–Trinajstić information content (AvgIpc) is 2.29. The zero-order chi connectivity index (χ0) is 10.5. The van der Waals surface area contributed by atoms with Gasteiger partial charge in [-0.1, -0.05) is 36.4 Å². The Morgan fingerprint density at radius 3 is 2.60 bits per heavy atom. The largest absolute Gasteiger partial charge is 0.507 e. The van der Waals surface area contributed by atoms with E-state index in [-0.39, 0.29) is 5.75 Å². The summed E-state index contributed by atoms with van der Waals surface area (Å²) < 4.78 is 0. The quantitative estimate of drug-likeness (QED) is 0.802. The molecule has 1 heterocycles. The van der Waals surface area contributed by atoms with Gasteiger partial charge in [0.05, 0.1) is 0 Å². The number of phenolic OH excluding ortho intramolecular Hbond substituents is 1. The second-order valence-corrected chi connectivity index (χ2v) is 3.18. The Hall–Kier alpha value is -2.09. The molecule has 2 aromatic rings. The van der Waals surface area contributed by atoms with E-state index in [0.717, 1.165) is 11.1 Å². The van der Waals surface area contributed by atoms with Crippen molar-refractivity contribution in [2.24, 2.45) is 0 Å². The van der Waals surface area contributed by atoms with Crippen molar-refractivity contribution in [3.63, 3.8) is 0 Å². The predicted molar refractivity (Wildman–Crippen MR) is 61.3 cm³/mol. The smallest absolute Gasteiger partial charge is 0.122 e. The van der Waals surface area contributed by atoms with Crippen LogP contribution >= 0.6 is 0 Å². The summed E-state index contributed by atoms with van der Waals surface area (Å²) in [6.07, 6.45) is 7.29. The molecule has 2 rings (SSSR count). The Balaban J connectivity index is 2.23. The summed E-state index contributed by atoms with van der Waals surface area (Å²) in [5, 5.41) is 9.52. The lowest BCUT2D eigenvalue weighted by atomic mass is 10.1. The number of aromatic hydroxyl groups is 1. The van der Waals surface area contributed by atoms with Crippen LogP contribution in [0.2, 0.25) is 0 Å².